The summed E-state index contributed by atoms with van der Waals surface area (Å²) in [5.41, 5.74) is 1.65. The smallest absolute Gasteiger partial charge is 0.312 e. The van der Waals surface area contributed by atoms with E-state index in [1.54, 1.807) is 31.4 Å². The number of rotatable bonds is 6. The molecule has 2 heterocycles. The fraction of sp³-hybridized carbons (Fsp3) is 0.400. The summed E-state index contributed by atoms with van der Waals surface area (Å²) in [6.07, 6.45) is 11.3. The van der Waals surface area contributed by atoms with E-state index in [2.05, 4.69) is 15.2 Å². The minimum Gasteiger partial charge on any atom is -0.496 e. The standard InChI is InChI=1S/C25H29N3O4/c1-31-21-9-5-4-8-18(21)17-23-25(30)27-20-16-19(10-11-22(20)32-23)24(29)26-12-15-28-13-6-2-3-7-14-28/h4-5,8-11,16-17,22H,2-3,6-7,12-15H2,1H3,(H,26,29)/b23-17+. The number of benzene rings is 1. The topological polar surface area (TPSA) is 80.2 Å². The van der Waals surface area contributed by atoms with Gasteiger partial charge in [-0.25, -0.2) is 4.99 Å². The number of hydrogen-bond acceptors (Lipinski definition) is 5. The predicted molar refractivity (Wildman–Crippen MR) is 123 cm³/mol. The summed E-state index contributed by atoms with van der Waals surface area (Å²) in [5.74, 6) is 0.144. The highest BCUT2D eigenvalue weighted by molar-refractivity contribution is 6.16. The minimum absolute atomic E-state index is 0.145. The molecule has 1 aliphatic carbocycles. The van der Waals surface area contributed by atoms with Crippen LogP contribution in [0.1, 0.15) is 31.2 Å². The molecule has 3 aliphatic rings. The Morgan fingerprint density at radius 3 is 2.81 bits per heavy atom. The van der Waals surface area contributed by atoms with E-state index in [1.807, 2.05) is 24.3 Å². The number of amides is 2. The summed E-state index contributed by atoms with van der Waals surface area (Å²) in [4.78, 5) is 31.7. The first kappa shape index (κ1) is 22.0. The van der Waals surface area contributed by atoms with Crippen molar-refractivity contribution >= 4 is 23.6 Å². The van der Waals surface area contributed by atoms with Crippen molar-refractivity contribution in [1.82, 2.24) is 10.2 Å². The highest BCUT2D eigenvalue weighted by Crippen LogP contribution is 2.25. The number of methoxy groups -OCH3 is 1. The average molecular weight is 436 g/mol. The summed E-state index contributed by atoms with van der Waals surface area (Å²) in [7, 11) is 1.58. The third-order valence-electron chi connectivity index (χ3n) is 5.84. The van der Waals surface area contributed by atoms with Crippen molar-refractivity contribution < 1.29 is 19.1 Å². The number of nitrogens with zero attached hydrogens (tertiary/aromatic N) is 2. The zero-order valence-electron chi connectivity index (χ0n) is 18.4. The molecule has 1 aromatic rings. The van der Waals surface area contributed by atoms with Gasteiger partial charge in [0.05, 0.1) is 12.8 Å². The van der Waals surface area contributed by atoms with Gasteiger partial charge in [-0.3, -0.25) is 9.59 Å². The Morgan fingerprint density at radius 2 is 2.03 bits per heavy atom. The molecule has 0 aromatic heterocycles. The van der Waals surface area contributed by atoms with Crippen LogP contribution in [0, 0.1) is 0 Å². The second kappa shape index (κ2) is 10.4. The molecule has 1 aromatic carbocycles. The third kappa shape index (κ3) is 5.34. The van der Waals surface area contributed by atoms with E-state index >= 15 is 0 Å². The molecule has 0 bridgehead atoms. The first-order valence-corrected chi connectivity index (χ1v) is 11.2. The van der Waals surface area contributed by atoms with Crippen molar-refractivity contribution in [2.45, 2.75) is 31.8 Å². The molecule has 1 fully saturated rings. The summed E-state index contributed by atoms with van der Waals surface area (Å²) in [6, 6.07) is 7.37. The largest absolute Gasteiger partial charge is 0.496 e. The van der Waals surface area contributed by atoms with Crippen molar-refractivity contribution in [3.63, 3.8) is 0 Å². The van der Waals surface area contributed by atoms with Gasteiger partial charge in [0, 0.05) is 24.2 Å². The molecular weight excluding hydrogens is 406 g/mol. The van der Waals surface area contributed by atoms with Crippen LogP contribution in [-0.2, 0) is 14.3 Å². The number of likely N-dealkylation sites (tertiary alicyclic amines) is 1. The maximum absolute atomic E-state index is 12.6. The van der Waals surface area contributed by atoms with Crippen molar-refractivity contribution in [2.24, 2.45) is 4.99 Å². The minimum atomic E-state index is -0.498. The van der Waals surface area contributed by atoms with Gasteiger partial charge >= 0.3 is 5.91 Å². The molecule has 1 unspecified atom stereocenters. The average Bonchev–Trinajstić information content (AvgIpc) is 3.08. The molecule has 2 aliphatic heterocycles. The van der Waals surface area contributed by atoms with Crippen LogP contribution in [0.5, 0.6) is 5.75 Å². The molecular formula is C25H29N3O4. The Kier molecular flexibility index (Phi) is 7.17. The van der Waals surface area contributed by atoms with Crippen LogP contribution >= 0.6 is 0 Å². The van der Waals surface area contributed by atoms with Gasteiger partial charge in [0.2, 0.25) is 0 Å². The third-order valence-corrected chi connectivity index (χ3v) is 5.84. The highest BCUT2D eigenvalue weighted by atomic mass is 16.5. The number of fused-ring (bicyclic) bond motifs is 1. The predicted octanol–water partition coefficient (Wildman–Crippen LogP) is 2.89. The maximum atomic E-state index is 12.6. The fourth-order valence-electron chi connectivity index (χ4n) is 4.09. The summed E-state index contributed by atoms with van der Waals surface area (Å²) in [5, 5.41) is 2.97. The molecule has 0 spiro atoms. The molecule has 1 atom stereocenters. The maximum Gasteiger partial charge on any atom is 0.312 e. The monoisotopic (exact) mass is 435 g/mol. The lowest BCUT2D eigenvalue weighted by molar-refractivity contribution is -0.119. The molecule has 4 rings (SSSR count). The van der Waals surface area contributed by atoms with Crippen LogP contribution < -0.4 is 10.1 Å². The second-order valence-electron chi connectivity index (χ2n) is 8.10. The zero-order chi connectivity index (χ0) is 22.3. The molecule has 168 valence electrons. The van der Waals surface area contributed by atoms with Crippen LogP contribution in [0.4, 0.5) is 0 Å². The first-order valence-electron chi connectivity index (χ1n) is 11.2. The molecule has 1 N–H and O–H groups in total. The molecule has 7 nitrogen and oxygen atoms in total. The quantitative estimate of drug-likeness (QED) is 0.695. The van der Waals surface area contributed by atoms with Gasteiger partial charge in [-0.15, -0.1) is 0 Å². The Hall–Kier alpha value is -3.19. The summed E-state index contributed by atoms with van der Waals surface area (Å²) < 4.78 is 11.2. The Balaban J connectivity index is 1.39. The number of ether oxygens (including phenoxy) is 2. The Labute approximate surface area is 188 Å². The molecule has 32 heavy (non-hydrogen) atoms. The summed E-state index contributed by atoms with van der Waals surface area (Å²) >= 11 is 0. The van der Waals surface area contributed by atoms with Crippen molar-refractivity contribution in [3.8, 4) is 5.75 Å². The van der Waals surface area contributed by atoms with E-state index in [0.29, 0.717) is 23.6 Å². The van der Waals surface area contributed by atoms with E-state index in [4.69, 9.17) is 9.47 Å². The molecule has 7 heteroatoms. The van der Waals surface area contributed by atoms with Crippen molar-refractivity contribution in [1.29, 1.82) is 0 Å². The van der Waals surface area contributed by atoms with Gasteiger partial charge < -0.3 is 19.7 Å². The molecule has 0 saturated carbocycles. The van der Waals surface area contributed by atoms with Gasteiger partial charge in [-0.2, -0.15) is 0 Å². The lowest BCUT2D eigenvalue weighted by Gasteiger charge is -2.24. The van der Waals surface area contributed by atoms with E-state index in [0.717, 1.165) is 25.2 Å². The first-order chi connectivity index (χ1) is 15.6. The van der Waals surface area contributed by atoms with Crippen LogP contribution in [0.2, 0.25) is 0 Å². The van der Waals surface area contributed by atoms with Gasteiger partial charge in [-0.05, 0) is 56.3 Å². The second-order valence-corrected chi connectivity index (χ2v) is 8.10. The number of hydrogen-bond donors (Lipinski definition) is 1. The fourth-order valence-corrected chi connectivity index (χ4v) is 4.09. The van der Waals surface area contributed by atoms with Gasteiger partial charge in [0.15, 0.2) is 11.9 Å². The van der Waals surface area contributed by atoms with Gasteiger partial charge in [0.1, 0.15) is 5.75 Å². The molecule has 1 saturated heterocycles. The van der Waals surface area contributed by atoms with Crippen LogP contribution in [0.15, 0.2) is 58.8 Å². The lowest BCUT2D eigenvalue weighted by atomic mass is 10.0. The normalized spacial score (nSPS) is 22.3. The number of para-hydroxylation sites is 1. The van der Waals surface area contributed by atoms with E-state index < -0.39 is 12.0 Å². The number of carbonyl (C=O) groups is 2. The number of aliphatic imine (C=N–C) groups is 1. The number of nitrogens with one attached hydrogen (secondary N) is 1. The Bertz CT molecular complexity index is 985. The van der Waals surface area contributed by atoms with E-state index in [-0.39, 0.29) is 11.7 Å². The lowest BCUT2D eigenvalue weighted by Crippen LogP contribution is -2.37. The Morgan fingerprint density at radius 1 is 1.25 bits per heavy atom. The van der Waals surface area contributed by atoms with E-state index in [9.17, 15) is 9.59 Å². The van der Waals surface area contributed by atoms with Crippen LogP contribution in [0.3, 0.4) is 0 Å². The van der Waals surface area contributed by atoms with E-state index in [1.165, 1.54) is 25.7 Å². The van der Waals surface area contributed by atoms with Crippen molar-refractivity contribution in [2.75, 3.05) is 33.3 Å². The zero-order valence-corrected chi connectivity index (χ0v) is 18.4. The molecule has 2 amide bonds. The SMILES string of the molecule is COc1ccccc1/C=C1/OC2C=CC(C(=O)NCCN3CCCCCC3)=CC2=NC1=O. The van der Waals surface area contributed by atoms with Crippen LogP contribution in [0.25, 0.3) is 6.08 Å². The van der Waals surface area contributed by atoms with Gasteiger partial charge in [0.25, 0.3) is 5.91 Å². The van der Waals surface area contributed by atoms with Crippen molar-refractivity contribution in [3.05, 3.63) is 59.4 Å². The summed E-state index contributed by atoms with van der Waals surface area (Å²) in [6.45, 7) is 3.65. The van der Waals surface area contributed by atoms with Crippen LogP contribution in [-0.4, -0.2) is 61.8 Å². The van der Waals surface area contributed by atoms with Gasteiger partial charge in [-0.1, -0.05) is 31.0 Å². The number of carbonyl (C=O) groups excluding carboxylic acids is 2. The highest BCUT2D eigenvalue weighted by Gasteiger charge is 2.29. The molecule has 0 radical (unpaired) electrons.